The quantitative estimate of drug-likeness (QED) is 0.715. The molecule has 0 unspecified atom stereocenters. The molecule has 2 aromatic heterocycles. The van der Waals surface area contributed by atoms with E-state index in [9.17, 15) is 0 Å². The highest BCUT2D eigenvalue weighted by Crippen LogP contribution is 2.24. The van der Waals surface area contributed by atoms with Crippen molar-refractivity contribution in [2.75, 3.05) is 6.61 Å². The molecule has 3 aromatic rings. The molecule has 1 aromatic carbocycles. The Morgan fingerprint density at radius 1 is 1.20 bits per heavy atom. The number of tetrazole rings is 1. The second kappa shape index (κ2) is 7.46. The van der Waals surface area contributed by atoms with E-state index in [-0.39, 0.29) is 0 Å². The fraction of sp³-hybridized carbons (Fsp3) is 0.444. The lowest BCUT2D eigenvalue weighted by atomic mass is 10.1. The molecule has 7 nitrogen and oxygen atoms in total. The molecule has 0 aliphatic heterocycles. The Kier molecular flexibility index (Phi) is 5.11. The number of imidazole rings is 1. The third kappa shape index (κ3) is 4.23. The zero-order valence-electron chi connectivity index (χ0n) is 15.2. The molecule has 0 saturated carbocycles. The molecule has 2 heterocycles. The van der Waals surface area contributed by atoms with E-state index >= 15 is 0 Å². The first-order valence-corrected chi connectivity index (χ1v) is 8.53. The first-order valence-electron chi connectivity index (χ1n) is 8.53. The number of ether oxygens (including phenoxy) is 1. The average molecular weight is 340 g/mol. The van der Waals surface area contributed by atoms with Crippen molar-refractivity contribution < 1.29 is 4.74 Å². The van der Waals surface area contributed by atoms with Crippen molar-refractivity contribution in [3.63, 3.8) is 0 Å². The van der Waals surface area contributed by atoms with Gasteiger partial charge in [0.2, 0.25) is 0 Å². The fourth-order valence-corrected chi connectivity index (χ4v) is 2.75. The van der Waals surface area contributed by atoms with Crippen molar-refractivity contribution in [1.29, 1.82) is 0 Å². The van der Waals surface area contributed by atoms with Gasteiger partial charge in [0.15, 0.2) is 5.82 Å². The number of hydrogen-bond acceptors (Lipinski definition) is 5. The number of rotatable bonds is 7. The van der Waals surface area contributed by atoms with Crippen LogP contribution in [0.25, 0.3) is 11.4 Å². The molecule has 0 saturated heterocycles. The van der Waals surface area contributed by atoms with Crippen molar-refractivity contribution in [1.82, 2.24) is 30.2 Å². The standard InChI is InChI=1S/C18H24N6O/c1-12(2)10-24-18(21-22-23-24)15-7-13(3)8-16(9-15)25-6-5-17-14(4)19-11-20-17/h7-9,11-12H,5-6,10H2,1-4H3,(H,19,20). The summed E-state index contributed by atoms with van der Waals surface area (Å²) in [6.07, 6.45) is 2.48. The average Bonchev–Trinajstić information content (AvgIpc) is 3.16. The maximum Gasteiger partial charge on any atom is 0.182 e. The van der Waals surface area contributed by atoms with Crippen molar-refractivity contribution in [3.05, 3.63) is 41.5 Å². The minimum Gasteiger partial charge on any atom is -0.493 e. The van der Waals surface area contributed by atoms with Gasteiger partial charge in [0.1, 0.15) is 5.75 Å². The minimum absolute atomic E-state index is 0.472. The van der Waals surface area contributed by atoms with Crippen LogP contribution >= 0.6 is 0 Å². The Hall–Kier alpha value is -2.70. The number of benzene rings is 1. The maximum atomic E-state index is 5.94. The third-order valence-corrected chi connectivity index (χ3v) is 3.92. The monoisotopic (exact) mass is 340 g/mol. The van der Waals surface area contributed by atoms with Crippen LogP contribution in [0.3, 0.4) is 0 Å². The second-order valence-electron chi connectivity index (χ2n) is 6.69. The summed E-state index contributed by atoms with van der Waals surface area (Å²) in [6.45, 7) is 9.71. The predicted octanol–water partition coefficient (Wildman–Crippen LogP) is 2.96. The van der Waals surface area contributed by atoms with Crippen molar-refractivity contribution in [2.45, 2.75) is 40.7 Å². The number of H-pyrrole nitrogens is 1. The minimum atomic E-state index is 0.472. The summed E-state index contributed by atoms with van der Waals surface area (Å²) in [5.41, 5.74) is 4.20. The Morgan fingerprint density at radius 2 is 2.04 bits per heavy atom. The second-order valence-corrected chi connectivity index (χ2v) is 6.69. The molecular weight excluding hydrogens is 316 g/mol. The van der Waals surface area contributed by atoms with Gasteiger partial charge in [0.05, 0.1) is 18.6 Å². The van der Waals surface area contributed by atoms with Crippen LogP contribution in [-0.4, -0.2) is 36.8 Å². The highest BCUT2D eigenvalue weighted by molar-refractivity contribution is 5.59. The van der Waals surface area contributed by atoms with Crippen molar-refractivity contribution in [3.8, 4) is 17.1 Å². The smallest absolute Gasteiger partial charge is 0.182 e. The third-order valence-electron chi connectivity index (χ3n) is 3.92. The molecule has 7 heteroatoms. The first kappa shape index (κ1) is 17.1. The van der Waals surface area contributed by atoms with E-state index in [2.05, 4.69) is 45.4 Å². The van der Waals surface area contributed by atoms with Crippen LogP contribution in [-0.2, 0) is 13.0 Å². The Bertz CT molecular complexity index is 836. The SMILES string of the molecule is Cc1cc(OCCc2nc[nH]c2C)cc(-c2nnnn2CC(C)C)c1. The summed E-state index contributed by atoms with van der Waals surface area (Å²) < 4.78 is 7.79. The van der Waals surface area contributed by atoms with Gasteiger partial charge in [-0.3, -0.25) is 0 Å². The Labute approximate surface area is 147 Å². The molecule has 0 aliphatic rings. The lowest BCUT2D eigenvalue weighted by molar-refractivity contribution is 0.320. The van der Waals surface area contributed by atoms with Crippen LogP contribution in [0.1, 0.15) is 30.8 Å². The summed E-state index contributed by atoms with van der Waals surface area (Å²) in [7, 11) is 0. The van der Waals surface area contributed by atoms with Crippen LogP contribution in [0.2, 0.25) is 0 Å². The highest BCUT2D eigenvalue weighted by atomic mass is 16.5. The lowest BCUT2D eigenvalue weighted by Crippen LogP contribution is -2.08. The maximum absolute atomic E-state index is 5.94. The number of aryl methyl sites for hydroxylation is 2. The highest BCUT2D eigenvalue weighted by Gasteiger charge is 2.12. The first-order chi connectivity index (χ1) is 12.0. The van der Waals surface area contributed by atoms with E-state index in [0.29, 0.717) is 12.5 Å². The molecule has 0 fully saturated rings. The van der Waals surface area contributed by atoms with Crippen LogP contribution < -0.4 is 4.74 Å². The zero-order chi connectivity index (χ0) is 17.8. The molecular formula is C18H24N6O. The fourth-order valence-electron chi connectivity index (χ4n) is 2.75. The number of hydrogen-bond donors (Lipinski definition) is 1. The number of nitrogens with one attached hydrogen (secondary N) is 1. The van der Waals surface area contributed by atoms with Crippen LogP contribution in [0, 0.1) is 19.8 Å². The van der Waals surface area contributed by atoms with Gasteiger partial charge in [-0.15, -0.1) is 5.10 Å². The number of aromatic nitrogens is 6. The zero-order valence-corrected chi connectivity index (χ0v) is 15.2. The molecule has 0 radical (unpaired) electrons. The Balaban J connectivity index is 1.74. The summed E-state index contributed by atoms with van der Waals surface area (Å²) >= 11 is 0. The topological polar surface area (TPSA) is 81.5 Å². The van der Waals surface area contributed by atoms with Gasteiger partial charge in [-0.2, -0.15) is 0 Å². The molecule has 132 valence electrons. The molecule has 0 atom stereocenters. The summed E-state index contributed by atoms with van der Waals surface area (Å²) in [5, 5.41) is 12.1. The molecule has 0 aliphatic carbocycles. The van der Waals surface area contributed by atoms with Crippen LogP contribution in [0.15, 0.2) is 24.5 Å². The van der Waals surface area contributed by atoms with E-state index in [1.165, 1.54) is 0 Å². The lowest BCUT2D eigenvalue weighted by Gasteiger charge is -2.11. The van der Waals surface area contributed by atoms with Gasteiger partial charge >= 0.3 is 0 Å². The van der Waals surface area contributed by atoms with E-state index in [1.807, 2.05) is 30.7 Å². The molecule has 0 bridgehead atoms. The predicted molar refractivity (Wildman–Crippen MR) is 95.4 cm³/mol. The van der Waals surface area contributed by atoms with E-state index in [4.69, 9.17) is 4.74 Å². The van der Waals surface area contributed by atoms with Gasteiger partial charge in [-0.25, -0.2) is 9.67 Å². The van der Waals surface area contributed by atoms with E-state index < -0.39 is 0 Å². The number of nitrogens with zero attached hydrogens (tertiary/aromatic N) is 5. The molecule has 0 amide bonds. The van der Waals surface area contributed by atoms with E-state index in [0.717, 1.165) is 47.1 Å². The Morgan fingerprint density at radius 3 is 2.76 bits per heavy atom. The summed E-state index contributed by atoms with van der Waals surface area (Å²) in [4.78, 5) is 7.38. The number of aromatic amines is 1. The largest absolute Gasteiger partial charge is 0.493 e. The van der Waals surface area contributed by atoms with Gasteiger partial charge in [0.25, 0.3) is 0 Å². The van der Waals surface area contributed by atoms with Gasteiger partial charge in [0, 0.05) is 24.2 Å². The molecule has 3 rings (SSSR count). The van der Waals surface area contributed by atoms with Crippen molar-refractivity contribution >= 4 is 0 Å². The van der Waals surface area contributed by atoms with Crippen molar-refractivity contribution in [2.24, 2.45) is 5.92 Å². The molecule has 25 heavy (non-hydrogen) atoms. The van der Waals surface area contributed by atoms with Gasteiger partial charge in [-0.05, 0) is 54.0 Å². The van der Waals surface area contributed by atoms with Crippen LogP contribution in [0.5, 0.6) is 5.75 Å². The summed E-state index contributed by atoms with van der Waals surface area (Å²) in [5.74, 6) is 2.06. The summed E-state index contributed by atoms with van der Waals surface area (Å²) in [6, 6.07) is 6.09. The van der Waals surface area contributed by atoms with Crippen LogP contribution in [0.4, 0.5) is 0 Å². The normalized spacial score (nSPS) is 11.2. The molecule has 1 N–H and O–H groups in total. The van der Waals surface area contributed by atoms with Gasteiger partial charge in [-0.1, -0.05) is 13.8 Å². The van der Waals surface area contributed by atoms with E-state index in [1.54, 1.807) is 6.33 Å². The molecule has 0 spiro atoms. The van der Waals surface area contributed by atoms with Gasteiger partial charge < -0.3 is 9.72 Å².